The quantitative estimate of drug-likeness (QED) is 0.644. The lowest BCUT2D eigenvalue weighted by Gasteiger charge is -2.08. The average molecular weight is 406 g/mol. The summed E-state index contributed by atoms with van der Waals surface area (Å²) in [5, 5.41) is 12.8. The first kappa shape index (κ1) is 19.6. The van der Waals surface area contributed by atoms with Gasteiger partial charge in [-0.2, -0.15) is 5.26 Å². The van der Waals surface area contributed by atoms with Gasteiger partial charge in [-0.1, -0.05) is 11.2 Å². The van der Waals surface area contributed by atoms with Crippen LogP contribution in [-0.2, 0) is 16.5 Å². The van der Waals surface area contributed by atoms with E-state index in [1.165, 1.54) is 6.07 Å². The van der Waals surface area contributed by atoms with E-state index in [1.807, 2.05) is 6.07 Å². The minimum atomic E-state index is -4.13. The highest BCUT2D eigenvalue weighted by Gasteiger charge is 2.25. The number of nitriles is 1. The average Bonchev–Trinajstić information content (AvgIpc) is 3.03. The van der Waals surface area contributed by atoms with Crippen molar-refractivity contribution in [1.82, 2.24) is 5.16 Å². The Morgan fingerprint density at radius 3 is 2.29 bits per heavy atom. The van der Waals surface area contributed by atoms with Crippen LogP contribution in [0.5, 0.6) is 0 Å². The highest BCUT2D eigenvalue weighted by atomic mass is 32.2. The summed E-state index contributed by atoms with van der Waals surface area (Å²) in [6, 6.07) is 8.30. The van der Waals surface area contributed by atoms with Crippen molar-refractivity contribution in [2.24, 2.45) is 0 Å². The molecule has 0 bridgehead atoms. The summed E-state index contributed by atoms with van der Waals surface area (Å²) in [5.74, 6) is -2.86. The molecule has 0 radical (unpaired) electrons. The third-order valence-electron chi connectivity index (χ3n) is 4.16. The molecular formula is C19H13F3N2O3S. The number of rotatable bonds is 4. The first-order valence-electron chi connectivity index (χ1n) is 7.92. The molecule has 1 heterocycles. The molecule has 1 aromatic heterocycles. The van der Waals surface area contributed by atoms with Crippen LogP contribution in [-0.4, -0.2) is 19.8 Å². The predicted molar refractivity (Wildman–Crippen MR) is 94.7 cm³/mol. The maximum absolute atomic E-state index is 14.3. The summed E-state index contributed by atoms with van der Waals surface area (Å²) in [4.78, 5) is -1.06. The molecule has 0 fully saturated rings. The summed E-state index contributed by atoms with van der Waals surface area (Å²) in [7, 11) is -4.13. The molecule has 0 saturated carbocycles. The van der Waals surface area contributed by atoms with Gasteiger partial charge in [-0.15, -0.1) is 0 Å². The number of aryl methyl sites for hydroxylation is 1. The molecule has 0 atom stereocenters. The normalized spacial score (nSPS) is 11.4. The van der Waals surface area contributed by atoms with Crippen LogP contribution in [0.1, 0.15) is 16.9 Å². The van der Waals surface area contributed by atoms with Gasteiger partial charge in [-0.3, -0.25) is 0 Å². The van der Waals surface area contributed by atoms with Crippen LogP contribution in [0, 0.1) is 29.9 Å². The molecule has 0 N–H and O–H groups in total. The topological polar surface area (TPSA) is 84.0 Å². The lowest BCUT2D eigenvalue weighted by molar-refractivity contribution is 0.332. The molecule has 2 aromatic carbocycles. The van der Waals surface area contributed by atoms with Crippen LogP contribution in [0.15, 0.2) is 39.8 Å². The van der Waals surface area contributed by atoms with E-state index in [0.717, 1.165) is 12.1 Å². The SMILES string of the molecule is Cc1cc(-c2noc(CF)c2-c2cc(F)c(S(C)(=O)=O)c(F)c2)ccc1C#N. The van der Waals surface area contributed by atoms with Crippen LogP contribution in [0.25, 0.3) is 22.4 Å². The number of benzene rings is 2. The molecule has 0 unspecified atom stereocenters. The van der Waals surface area contributed by atoms with E-state index in [-0.39, 0.29) is 22.6 Å². The Morgan fingerprint density at radius 2 is 1.79 bits per heavy atom. The van der Waals surface area contributed by atoms with Crippen LogP contribution in [0.2, 0.25) is 0 Å². The van der Waals surface area contributed by atoms with Crippen molar-refractivity contribution in [2.75, 3.05) is 6.26 Å². The van der Waals surface area contributed by atoms with E-state index < -0.39 is 33.0 Å². The van der Waals surface area contributed by atoms with Crippen molar-refractivity contribution in [3.05, 3.63) is 58.9 Å². The lowest BCUT2D eigenvalue weighted by atomic mass is 9.97. The summed E-state index contributed by atoms with van der Waals surface area (Å²) < 4.78 is 70.2. The smallest absolute Gasteiger partial charge is 0.181 e. The van der Waals surface area contributed by atoms with Crippen LogP contribution >= 0.6 is 0 Å². The van der Waals surface area contributed by atoms with Gasteiger partial charge in [-0.05, 0) is 42.3 Å². The van der Waals surface area contributed by atoms with Gasteiger partial charge in [0.25, 0.3) is 0 Å². The Kier molecular flexibility index (Phi) is 5.00. The fourth-order valence-corrected chi connectivity index (χ4v) is 3.73. The number of alkyl halides is 1. The number of halogens is 3. The minimum Gasteiger partial charge on any atom is -0.357 e. The van der Waals surface area contributed by atoms with E-state index in [2.05, 4.69) is 5.16 Å². The first-order chi connectivity index (χ1) is 13.2. The number of hydrogen-bond donors (Lipinski definition) is 0. The Bertz CT molecular complexity index is 1200. The summed E-state index contributed by atoms with van der Waals surface area (Å²) in [5.41, 5.74) is 1.50. The van der Waals surface area contributed by atoms with Crippen molar-refractivity contribution in [3.63, 3.8) is 0 Å². The monoisotopic (exact) mass is 406 g/mol. The van der Waals surface area contributed by atoms with Crippen molar-refractivity contribution < 1.29 is 26.1 Å². The van der Waals surface area contributed by atoms with Gasteiger partial charge in [0.15, 0.2) is 22.3 Å². The number of aromatic nitrogens is 1. The third-order valence-corrected chi connectivity index (χ3v) is 5.29. The second-order valence-corrected chi connectivity index (χ2v) is 8.10. The molecule has 5 nitrogen and oxygen atoms in total. The van der Waals surface area contributed by atoms with Gasteiger partial charge in [0.2, 0.25) is 0 Å². The second kappa shape index (κ2) is 7.13. The summed E-state index contributed by atoms with van der Waals surface area (Å²) in [6.45, 7) is 0.604. The Labute approximate surface area is 158 Å². The van der Waals surface area contributed by atoms with Gasteiger partial charge in [0.1, 0.15) is 22.2 Å². The predicted octanol–water partition coefficient (Wildman–Crippen LogP) is 4.34. The molecule has 144 valence electrons. The molecule has 0 aliphatic rings. The van der Waals surface area contributed by atoms with E-state index in [4.69, 9.17) is 9.78 Å². The molecule has 0 aliphatic heterocycles. The zero-order valence-electron chi connectivity index (χ0n) is 14.8. The molecular weight excluding hydrogens is 393 g/mol. The highest BCUT2D eigenvalue weighted by molar-refractivity contribution is 7.90. The van der Waals surface area contributed by atoms with E-state index >= 15 is 0 Å². The molecule has 9 heteroatoms. The zero-order valence-corrected chi connectivity index (χ0v) is 15.6. The Balaban J connectivity index is 2.25. The van der Waals surface area contributed by atoms with E-state index in [0.29, 0.717) is 22.9 Å². The van der Waals surface area contributed by atoms with Crippen molar-refractivity contribution in [3.8, 4) is 28.5 Å². The highest BCUT2D eigenvalue weighted by Crippen LogP contribution is 2.37. The molecule has 3 aromatic rings. The first-order valence-corrected chi connectivity index (χ1v) is 9.81. The van der Waals surface area contributed by atoms with E-state index in [1.54, 1.807) is 19.1 Å². The van der Waals surface area contributed by atoms with Crippen molar-refractivity contribution in [2.45, 2.75) is 18.5 Å². The molecule has 0 saturated heterocycles. The number of sulfone groups is 1. The van der Waals surface area contributed by atoms with E-state index in [9.17, 15) is 21.6 Å². The fourth-order valence-electron chi connectivity index (χ4n) is 2.90. The van der Waals surface area contributed by atoms with Gasteiger partial charge in [-0.25, -0.2) is 21.6 Å². The molecule has 3 rings (SSSR count). The van der Waals surface area contributed by atoms with Gasteiger partial charge >= 0.3 is 0 Å². The minimum absolute atomic E-state index is 0.00413. The largest absolute Gasteiger partial charge is 0.357 e. The molecule has 0 aliphatic carbocycles. The van der Waals surface area contributed by atoms with Crippen molar-refractivity contribution in [1.29, 1.82) is 5.26 Å². The third kappa shape index (κ3) is 3.39. The summed E-state index contributed by atoms with van der Waals surface area (Å²) >= 11 is 0. The van der Waals surface area contributed by atoms with Crippen LogP contribution in [0.3, 0.4) is 0 Å². The second-order valence-electron chi connectivity index (χ2n) is 6.15. The van der Waals surface area contributed by atoms with Gasteiger partial charge in [0, 0.05) is 11.8 Å². The number of nitrogens with zero attached hydrogens (tertiary/aromatic N) is 2. The Morgan fingerprint density at radius 1 is 1.14 bits per heavy atom. The number of hydrogen-bond acceptors (Lipinski definition) is 5. The van der Waals surface area contributed by atoms with Gasteiger partial charge in [0.05, 0.1) is 17.2 Å². The fraction of sp³-hybridized carbons (Fsp3) is 0.158. The molecule has 0 amide bonds. The maximum atomic E-state index is 14.3. The molecule has 0 spiro atoms. The molecule has 28 heavy (non-hydrogen) atoms. The summed E-state index contributed by atoms with van der Waals surface area (Å²) in [6.07, 6.45) is 0.686. The standard InChI is InChI=1S/C19H13F3N2O3S/c1-10-5-11(3-4-12(10)9-23)18-17(16(8-20)27-24-18)13-6-14(21)19(15(22)7-13)28(2,25)26/h3-7H,8H2,1-2H3. The zero-order chi connectivity index (χ0) is 20.6. The lowest BCUT2D eigenvalue weighted by Crippen LogP contribution is -2.05. The Hall–Kier alpha value is -3.12. The van der Waals surface area contributed by atoms with Crippen LogP contribution < -0.4 is 0 Å². The van der Waals surface area contributed by atoms with Crippen LogP contribution in [0.4, 0.5) is 13.2 Å². The maximum Gasteiger partial charge on any atom is 0.181 e. The van der Waals surface area contributed by atoms with Crippen molar-refractivity contribution >= 4 is 9.84 Å². The van der Waals surface area contributed by atoms with Gasteiger partial charge < -0.3 is 4.52 Å².